The molecule has 6 nitrogen and oxygen atoms in total. The van der Waals surface area contributed by atoms with Crippen LogP contribution in [0.2, 0.25) is 0 Å². The molecule has 1 fully saturated rings. The SMILES string of the molecule is CCc1noc2ncc(C(=O)NC3CCNC3)cc12. The minimum absolute atomic E-state index is 0.0913. The van der Waals surface area contributed by atoms with E-state index < -0.39 is 0 Å². The van der Waals surface area contributed by atoms with Crippen molar-refractivity contribution >= 4 is 17.0 Å². The number of hydrogen-bond donors (Lipinski definition) is 2. The lowest BCUT2D eigenvalue weighted by Gasteiger charge is -2.10. The molecule has 0 radical (unpaired) electrons. The number of rotatable bonds is 3. The van der Waals surface area contributed by atoms with Crippen LogP contribution in [0.15, 0.2) is 16.8 Å². The van der Waals surface area contributed by atoms with Gasteiger partial charge < -0.3 is 15.2 Å². The molecule has 3 heterocycles. The van der Waals surface area contributed by atoms with E-state index in [1.165, 1.54) is 6.20 Å². The minimum Gasteiger partial charge on any atom is -0.348 e. The average molecular weight is 260 g/mol. The highest BCUT2D eigenvalue weighted by Gasteiger charge is 2.19. The van der Waals surface area contributed by atoms with Gasteiger partial charge in [0.2, 0.25) is 0 Å². The molecule has 1 saturated heterocycles. The van der Waals surface area contributed by atoms with E-state index >= 15 is 0 Å². The highest BCUT2D eigenvalue weighted by Crippen LogP contribution is 2.18. The second-order valence-corrected chi connectivity index (χ2v) is 4.72. The van der Waals surface area contributed by atoms with Crippen molar-refractivity contribution < 1.29 is 9.32 Å². The van der Waals surface area contributed by atoms with Gasteiger partial charge in [0.1, 0.15) is 0 Å². The third-order valence-corrected chi connectivity index (χ3v) is 3.40. The summed E-state index contributed by atoms with van der Waals surface area (Å²) in [5.74, 6) is -0.0913. The fraction of sp³-hybridized carbons (Fsp3) is 0.462. The molecular formula is C13H16N4O2. The zero-order chi connectivity index (χ0) is 13.2. The van der Waals surface area contributed by atoms with Crippen molar-refractivity contribution in [3.05, 3.63) is 23.5 Å². The monoisotopic (exact) mass is 260 g/mol. The average Bonchev–Trinajstić information content (AvgIpc) is 3.06. The van der Waals surface area contributed by atoms with E-state index in [-0.39, 0.29) is 11.9 Å². The van der Waals surface area contributed by atoms with Crippen LogP contribution in [-0.4, -0.2) is 35.2 Å². The van der Waals surface area contributed by atoms with Gasteiger partial charge >= 0.3 is 0 Å². The Morgan fingerprint density at radius 3 is 3.26 bits per heavy atom. The maximum absolute atomic E-state index is 12.1. The molecule has 1 aliphatic rings. The molecule has 2 aromatic rings. The van der Waals surface area contributed by atoms with Crippen molar-refractivity contribution in [2.24, 2.45) is 0 Å². The summed E-state index contributed by atoms with van der Waals surface area (Å²) in [6.45, 7) is 3.77. The highest BCUT2D eigenvalue weighted by molar-refractivity contribution is 5.97. The molecule has 6 heteroatoms. The van der Waals surface area contributed by atoms with Gasteiger partial charge in [-0.25, -0.2) is 4.98 Å². The van der Waals surface area contributed by atoms with Gasteiger partial charge in [-0.05, 0) is 25.5 Å². The number of carbonyl (C=O) groups is 1. The lowest BCUT2D eigenvalue weighted by molar-refractivity contribution is 0.0940. The van der Waals surface area contributed by atoms with Crippen LogP contribution in [-0.2, 0) is 6.42 Å². The van der Waals surface area contributed by atoms with Gasteiger partial charge in [-0.3, -0.25) is 4.79 Å². The third kappa shape index (κ3) is 2.31. The van der Waals surface area contributed by atoms with Gasteiger partial charge in [0, 0.05) is 18.8 Å². The van der Waals surface area contributed by atoms with Crippen molar-refractivity contribution in [2.75, 3.05) is 13.1 Å². The first-order valence-electron chi connectivity index (χ1n) is 6.54. The quantitative estimate of drug-likeness (QED) is 0.856. The summed E-state index contributed by atoms with van der Waals surface area (Å²) in [5, 5.41) is 11.0. The van der Waals surface area contributed by atoms with E-state index in [1.54, 1.807) is 6.07 Å². The molecule has 1 amide bonds. The van der Waals surface area contributed by atoms with Crippen molar-refractivity contribution in [1.82, 2.24) is 20.8 Å². The van der Waals surface area contributed by atoms with Crippen molar-refractivity contribution in [3.63, 3.8) is 0 Å². The van der Waals surface area contributed by atoms with Crippen molar-refractivity contribution in [3.8, 4) is 0 Å². The molecule has 0 saturated carbocycles. The minimum atomic E-state index is -0.0913. The number of aromatic nitrogens is 2. The number of carbonyl (C=O) groups excluding carboxylic acids is 1. The Morgan fingerprint density at radius 1 is 1.63 bits per heavy atom. The predicted octanol–water partition coefficient (Wildman–Crippen LogP) is 0.877. The lowest BCUT2D eigenvalue weighted by atomic mass is 10.1. The molecule has 1 unspecified atom stereocenters. The van der Waals surface area contributed by atoms with Crippen LogP contribution in [0.1, 0.15) is 29.4 Å². The first-order valence-corrected chi connectivity index (χ1v) is 6.54. The van der Waals surface area contributed by atoms with Crippen LogP contribution >= 0.6 is 0 Å². The van der Waals surface area contributed by atoms with Crippen LogP contribution in [0.3, 0.4) is 0 Å². The standard InChI is InChI=1S/C13H16N4O2/c1-2-11-10-5-8(6-15-13(10)19-17-11)12(18)16-9-3-4-14-7-9/h5-6,9,14H,2-4,7H2,1H3,(H,16,18). The van der Waals surface area contributed by atoms with Gasteiger partial charge in [0.25, 0.3) is 11.6 Å². The number of aryl methyl sites for hydroxylation is 1. The maximum atomic E-state index is 12.1. The number of hydrogen-bond acceptors (Lipinski definition) is 5. The second-order valence-electron chi connectivity index (χ2n) is 4.72. The first-order chi connectivity index (χ1) is 9.28. The third-order valence-electron chi connectivity index (χ3n) is 3.40. The fourth-order valence-corrected chi connectivity index (χ4v) is 2.30. The summed E-state index contributed by atoms with van der Waals surface area (Å²) >= 11 is 0. The van der Waals surface area contributed by atoms with E-state index in [4.69, 9.17) is 4.52 Å². The summed E-state index contributed by atoms with van der Waals surface area (Å²) in [6, 6.07) is 2.01. The molecule has 0 bridgehead atoms. The molecule has 0 aliphatic carbocycles. The number of pyridine rings is 1. The van der Waals surface area contributed by atoms with E-state index in [1.807, 2.05) is 6.92 Å². The van der Waals surface area contributed by atoms with Crippen molar-refractivity contribution in [1.29, 1.82) is 0 Å². The predicted molar refractivity (Wildman–Crippen MR) is 69.9 cm³/mol. The number of nitrogens with one attached hydrogen (secondary N) is 2. The summed E-state index contributed by atoms with van der Waals surface area (Å²) in [7, 11) is 0. The number of nitrogens with zero attached hydrogens (tertiary/aromatic N) is 2. The normalized spacial score (nSPS) is 18.9. The van der Waals surface area contributed by atoms with Crippen LogP contribution < -0.4 is 10.6 Å². The second kappa shape index (κ2) is 4.97. The van der Waals surface area contributed by atoms with Crippen LogP contribution in [0.25, 0.3) is 11.1 Å². The number of amides is 1. The molecule has 0 aromatic carbocycles. The van der Waals surface area contributed by atoms with Crippen LogP contribution in [0.5, 0.6) is 0 Å². The van der Waals surface area contributed by atoms with E-state index in [9.17, 15) is 4.79 Å². The zero-order valence-corrected chi connectivity index (χ0v) is 10.8. The van der Waals surface area contributed by atoms with Crippen LogP contribution in [0, 0.1) is 0 Å². The molecule has 100 valence electrons. The Hall–Kier alpha value is -1.95. The molecule has 3 rings (SSSR count). The Kier molecular flexibility index (Phi) is 3.16. The fourth-order valence-electron chi connectivity index (χ4n) is 2.30. The van der Waals surface area contributed by atoms with Gasteiger partial charge in [-0.1, -0.05) is 12.1 Å². The molecule has 2 aromatic heterocycles. The lowest BCUT2D eigenvalue weighted by Crippen LogP contribution is -2.36. The smallest absolute Gasteiger partial charge is 0.257 e. The molecule has 0 spiro atoms. The largest absolute Gasteiger partial charge is 0.348 e. The van der Waals surface area contributed by atoms with Gasteiger partial charge in [0.15, 0.2) is 0 Å². The molecule has 19 heavy (non-hydrogen) atoms. The Morgan fingerprint density at radius 2 is 2.53 bits per heavy atom. The summed E-state index contributed by atoms with van der Waals surface area (Å²) in [4.78, 5) is 16.3. The Bertz CT molecular complexity index is 602. The Labute approximate surface area is 110 Å². The maximum Gasteiger partial charge on any atom is 0.257 e. The molecule has 1 atom stereocenters. The van der Waals surface area contributed by atoms with Gasteiger partial charge in [-0.2, -0.15) is 0 Å². The molecule has 2 N–H and O–H groups in total. The van der Waals surface area contributed by atoms with Gasteiger partial charge in [0.05, 0.1) is 16.6 Å². The van der Waals surface area contributed by atoms with Crippen molar-refractivity contribution in [2.45, 2.75) is 25.8 Å². The topological polar surface area (TPSA) is 80.0 Å². The van der Waals surface area contributed by atoms with E-state index in [2.05, 4.69) is 20.8 Å². The highest BCUT2D eigenvalue weighted by atomic mass is 16.5. The summed E-state index contributed by atoms with van der Waals surface area (Å²) in [6.07, 6.45) is 3.26. The first kappa shape index (κ1) is 12.1. The van der Waals surface area contributed by atoms with Crippen LogP contribution in [0.4, 0.5) is 0 Å². The Balaban J connectivity index is 1.85. The zero-order valence-electron chi connectivity index (χ0n) is 10.8. The van der Waals surface area contributed by atoms with E-state index in [0.717, 1.165) is 37.0 Å². The molecule has 1 aliphatic heterocycles. The summed E-state index contributed by atoms with van der Waals surface area (Å²) < 4.78 is 5.11. The van der Waals surface area contributed by atoms with E-state index in [0.29, 0.717) is 11.3 Å². The number of fused-ring (bicyclic) bond motifs is 1. The van der Waals surface area contributed by atoms with Gasteiger partial charge in [-0.15, -0.1) is 0 Å². The molecular weight excluding hydrogens is 244 g/mol. The summed E-state index contributed by atoms with van der Waals surface area (Å²) in [5.41, 5.74) is 1.87.